The standard InChI is InChI=1S/C20H38N4O4S2/c1-5-29-20(2,3)17(23-30(4,27)28)19(26)24-12-6-7-16(24)18(25)22-13-14-8-10-15(21)11-9-14/h14-17,23H,5-13,21H2,1-4H3,(H,22,25)/t14?,15?,16-,17-/m1/s1. The predicted octanol–water partition coefficient (Wildman–Crippen LogP) is 1.06. The first-order chi connectivity index (χ1) is 13.9. The molecule has 174 valence electrons. The summed E-state index contributed by atoms with van der Waals surface area (Å²) in [4.78, 5) is 27.8. The molecule has 1 aliphatic carbocycles. The first-order valence-corrected chi connectivity index (χ1v) is 13.8. The highest BCUT2D eigenvalue weighted by atomic mass is 32.2. The van der Waals surface area contributed by atoms with E-state index in [0.717, 1.165) is 44.1 Å². The maximum absolute atomic E-state index is 13.4. The second kappa shape index (κ2) is 10.7. The Balaban J connectivity index is 2.06. The minimum atomic E-state index is -3.59. The van der Waals surface area contributed by atoms with Crippen molar-refractivity contribution in [3.05, 3.63) is 0 Å². The van der Waals surface area contributed by atoms with Crippen LogP contribution in [0.5, 0.6) is 0 Å². The van der Waals surface area contributed by atoms with Crippen molar-refractivity contribution in [2.24, 2.45) is 11.7 Å². The maximum atomic E-state index is 13.4. The van der Waals surface area contributed by atoms with E-state index in [2.05, 4.69) is 10.0 Å². The van der Waals surface area contributed by atoms with E-state index in [-0.39, 0.29) is 17.9 Å². The molecule has 1 aliphatic heterocycles. The Morgan fingerprint density at radius 2 is 1.83 bits per heavy atom. The number of carbonyl (C=O) groups is 2. The van der Waals surface area contributed by atoms with E-state index in [1.807, 2.05) is 20.8 Å². The summed E-state index contributed by atoms with van der Waals surface area (Å²) in [7, 11) is -3.59. The van der Waals surface area contributed by atoms with E-state index >= 15 is 0 Å². The summed E-state index contributed by atoms with van der Waals surface area (Å²) in [6.07, 6.45) is 6.38. The Hall–Kier alpha value is -0.840. The molecule has 1 saturated heterocycles. The number of rotatable bonds is 9. The number of carbonyl (C=O) groups excluding carboxylic acids is 2. The SMILES string of the molecule is CCSC(C)(C)[C@H](NS(C)(=O)=O)C(=O)N1CCC[C@@H]1C(=O)NCC1CCC(N)CC1. The lowest BCUT2D eigenvalue weighted by Crippen LogP contribution is -2.59. The number of nitrogens with two attached hydrogens (primary N) is 1. The third-order valence-electron chi connectivity index (χ3n) is 6.09. The normalized spacial score (nSPS) is 26.4. The molecule has 2 fully saturated rings. The zero-order chi connectivity index (χ0) is 22.5. The van der Waals surface area contributed by atoms with Crippen molar-refractivity contribution >= 4 is 33.6 Å². The first kappa shape index (κ1) is 25.4. The van der Waals surface area contributed by atoms with Gasteiger partial charge in [-0.25, -0.2) is 13.1 Å². The van der Waals surface area contributed by atoms with Gasteiger partial charge in [0.25, 0.3) is 0 Å². The second-order valence-electron chi connectivity index (χ2n) is 9.08. The second-order valence-corrected chi connectivity index (χ2v) is 12.8. The first-order valence-electron chi connectivity index (χ1n) is 10.9. The fourth-order valence-corrected chi connectivity index (χ4v) is 6.35. The van der Waals surface area contributed by atoms with Crippen molar-refractivity contribution in [2.75, 3.05) is 25.1 Å². The molecular weight excluding hydrogens is 424 g/mol. The van der Waals surface area contributed by atoms with E-state index < -0.39 is 26.9 Å². The lowest BCUT2D eigenvalue weighted by molar-refractivity contribution is -0.140. The van der Waals surface area contributed by atoms with Crippen LogP contribution in [0.25, 0.3) is 0 Å². The van der Waals surface area contributed by atoms with Gasteiger partial charge >= 0.3 is 0 Å². The largest absolute Gasteiger partial charge is 0.354 e. The van der Waals surface area contributed by atoms with Crippen molar-refractivity contribution in [2.45, 2.75) is 82.2 Å². The van der Waals surface area contributed by atoms with Crippen molar-refractivity contribution in [1.82, 2.24) is 14.9 Å². The molecule has 0 spiro atoms. The van der Waals surface area contributed by atoms with E-state index in [1.165, 1.54) is 11.8 Å². The molecule has 0 radical (unpaired) electrons. The Morgan fingerprint density at radius 3 is 2.40 bits per heavy atom. The minimum absolute atomic E-state index is 0.144. The van der Waals surface area contributed by atoms with Crippen LogP contribution in [0.2, 0.25) is 0 Å². The molecule has 4 N–H and O–H groups in total. The fourth-order valence-electron chi connectivity index (χ4n) is 4.38. The van der Waals surface area contributed by atoms with Crippen molar-refractivity contribution in [1.29, 1.82) is 0 Å². The van der Waals surface area contributed by atoms with Gasteiger partial charge in [-0.2, -0.15) is 11.8 Å². The van der Waals surface area contributed by atoms with E-state index in [1.54, 1.807) is 4.90 Å². The van der Waals surface area contributed by atoms with Gasteiger partial charge in [0.2, 0.25) is 21.8 Å². The van der Waals surface area contributed by atoms with Crippen LogP contribution in [0.3, 0.4) is 0 Å². The molecule has 2 rings (SSSR count). The van der Waals surface area contributed by atoms with Gasteiger partial charge in [0, 0.05) is 23.9 Å². The summed E-state index contributed by atoms with van der Waals surface area (Å²) in [6.45, 7) is 6.76. The summed E-state index contributed by atoms with van der Waals surface area (Å²) in [5.41, 5.74) is 5.95. The topological polar surface area (TPSA) is 122 Å². The number of sulfonamides is 1. The maximum Gasteiger partial charge on any atom is 0.242 e. The molecule has 0 aromatic carbocycles. The molecule has 8 nitrogen and oxygen atoms in total. The molecule has 0 aromatic heterocycles. The molecule has 0 bridgehead atoms. The van der Waals surface area contributed by atoms with Crippen LogP contribution in [0.1, 0.15) is 59.3 Å². The summed E-state index contributed by atoms with van der Waals surface area (Å²) in [5, 5.41) is 3.03. The highest BCUT2D eigenvalue weighted by Crippen LogP contribution is 2.31. The summed E-state index contributed by atoms with van der Waals surface area (Å²) < 4.78 is 25.8. The molecule has 0 aromatic rings. The molecule has 1 saturated carbocycles. The van der Waals surface area contributed by atoms with E-state index in [0.29, 0.717) is 25.4 Å². The van der Waals surface area contributed by atoms with Crippen LogP contribution >= 0.6 is 11.8 Å². The van der Waals surface area contributed by atoms with Gasteiger partial charge in [-0.15, -0.1) is 0 Å². The van der Waals surface area contributed by atoms with Gasteiger partial charge in [-0.05, 0) is 64.0 Å². The Kier molecular flexibility index (Phi) is 9.03. The molecule has 2 amide bonds. The number of amides is 2. The third kappa shape index (κ3) is 7.10. The molecular formula is C20H38N4O4S2. The van der Waals surface area contributed by atoms with Gasteiger partial charge in [-0.3, -0.25) is 9.59 Å². The van der Waals surface area contributed by atoms with Crippen molar-refractivity contribution in [3.8, 4) is 0 Å². The fraction of sp³-hybridized carbons (Fsp3) is 0.900. The minimum Gasteiger partial charge on any atom is -0.354 e. The van der Waals surface area contributed by atoms with Gasteiger partial charge < -0.3 is 16.0 Å². The Labute approximate surface area is 185 Å². The van der Waals surface area contributed by atoms with Gasteiger partial charge in [-0.1, -0.05) is 6.92 Å². The van der Waals surface area contributed by atoms with Crippen LogP contribution in [0.15, 0.2) is 0 Å². The quantitative estimate of drug-likeness (QED) is 0.471. The molecule has 0 unspecified atom stereocenters. The Morgan fingerprint density at radius 1 is 1.20 bits per heavy atom. The molecule has 1 heterocycles. The number of likely N-dealkylation sites (tertiary alicyclic amines) is 1. The molecule has 30 heavy (non-hydrogen) atoms. The van der Waals surface area contributed by atoms with Crippen LogP contribution < -0.4 is 15.8 Å². The summed E-state index contributed by atoms with van der Waals surface area (Å²) in [5.74, 6) is 0.707. The van der Waals surface area contributed by atoms with Crippen molar-refractivity contribution in [3.63, 3.8) is 0 Å². The van der Waals surface area contributed by atoms with Crippen LogP contribution in [-0.2, 0) is 19.6 Å². The van der Waals surface area contributed by atoms with Gasteiger partial charge in [0.05, 0.1) is 6.26 Å². The van der Waals surface area contributed by atoms with Crippen molar-refractivity contribution < 1.29 is 18.0 Å². The Bertz CT molecular complexity index is 706. The molecule has 2 atom stereocenters. The van der Waals surface area contributed by atoms with Crippen LogP contribution in [0, 0.1) is 5.92 Å². The lowest BCUT2D eigenvalue weighted by Gasteiger charge is -2.36. The van der Waals surface area contributed by atoms with Crippen LogP contribution in [0.4, 0.5) is 0 Å². The number of nitrogens with one attached hydrogen (secondary N) is 2. The number of hydrogen-bond donors (Lipinski definition) is 3. The highest BCUT2D eigenvalue weighted by molar-refractivity contribution is 8.00. The summed E-state index contributed by atoms with van der Waals surface area (Å²) in [6, 6.07) is -1.20. The molecule has 2 aliphatic rings. The molecule has 10 heteroatoms. The van der Waals surface area contributed by atoms with E-state index in [4.69, 9.17) is 5.73 Å². The van der Waals surface area contributed by atoms with Gasteiger partial charge in [0.1, 0.15) is 12.1 Å². The smallest absolute Gasteiger partial charge is 0.242 e. The average Bonchev–Trinajstić information content (AvgIpc) is 3.14. The number of hydrogen-bond acceptors (Lipinski definition) is 6. The number of thioether (sulfide) groups is 1. The summed E-state index contributed by atoms with van der Waals surface area (Å²) >= 11 is 1.52. The monoisotopic (exact) mass is 462 g/mol. The zero-order valence-electron chi connectivity index (χ0n) is 18.6. The van der Waals surface area contributed by atoms with Crippen LogP contribution in [-0.4, -0.2) is 73.1 Å². The predicted molar refractivity (Wildman–Crippen MR) is 122 cm³/mol. The third-order valence-corrected chi connectivity index (χ3v) is 8.02. The lowest BCUT2D eigenvalue weighted by atomic mass is 9.86. The zero-order valence-corrected chi connectivity index (χ0v) is 20.3. The van der Waals surface area contributed by atoms with Gasteiger partial charge in [0.15, 0.2) is 0 Å². The highest BCUT2D eigenvalue weighted by Gasteiger charge is 2.44. The average molecular weight is 463 g/mol. The number of nitrogens with zero attached hydrogens (tertiary/aromatic N) is 1. The van der Waals surface area contributed by atoms with E-state index in [9.17, 15) is 18.0 Å².